The van der Waals surface area contributed by atoms with Gasteiger partial charge in [-0.15, -0.1) is 0 Å². The van der Waals surface area contributed by atoms with Gasteiger partial charge in [-0.25, -0.2) is 4.18 Å². The first kappa shape index (κ1) is 66.6. The van der Waals surface area contributed by atoms with E-state index in [1.165, 1.54) is 109 Å². The second-order valence-corrected chi connectivity index (χ2v) is 20.2. The van der Waals surface area contributed by atoms with Crippen LogP contribution in [0.3, 0.4) is 0 Å². The molecule has 0 aliphatic carbocycles. The van der Waals surface area contributed by atoms with Crippen LogP contribution in [0.25, 0.3) is 0 Å². The number of hydrogen-bond donors (Lipinski definition) is 4. The summed E-state index contributed by atoms with van der Waals surface area (Å²) in [6.45, 7) is 3.88. The number of carbonyl (C=O) groups is 1. The Hall–Kier alpha value is -2.46. The predicted molar refractivity (Wildman–Crippen MR) is 289 cm³/mol. The molecular formula is C58H102O12S. The van der Waals surface area contributed by atoms with Crippen molar-refractivity contribution >= 4 is 16.4 Å². The van der Waals surface area contributed by atoms with Crippen molar-refractivity contribution in [2.75, 3.05) is 26.4 Å². The third-order valence-electron chi connectivity index (χ3n) is 12.6. The van der Waals surface area contributed by atoms with E-state index in [4.69, 9.17) is 18.9 Å². The van der Waals surface area contributed by atoms with E-state index in [0.29, 0.717) is 13.0 Å². The van der Waals surface area contributed by atoms with Crippen molar-refractivity contribution in [1.82, 2.24) is 0 Å². The summed E-state index contributed by atoms with van der Waals surface area (Å²) < 4.78 is 59.4. The highest BCUT2D eigenvalue weighted by atomic mass is 32.3. The van der Waals surface area contributed by atoms with Gasteiger partial charge < -0.3 is 34.3 Å². The Labute approximate surface area is 432 Å². The summed E-state index contributed by atoms with van der Waals surface area (Å²) in [5.74, 6) is -0.402. The van der Waals surface area contributed by atoms with Gasteiger partial charge in [0.15, 0.2) is 6.29 Å². The van der Waals surface area contributed by atoms with E-state index in [1.807, 2.05) is 0 Å². The van der Waals surface area contributed by atoms with Crippen LogP contribution in [-0.4, -0.2) is 97.5 Å². The molecule has 4 N–H and O–H groups in total. The third-order valence-corrected chi connectivity index (χ3v) is 13.1. The Bertz CT molecular complexity index is 1510. The minimum atomic E-state index is -5.07. The van der Waals surface area contributed by atoms with E-state index < -0.39 is 59.8 Å². The number of allylic oxidation sites excluding steroid dienone is 12. The molecule has 0 radical (unpaired) electrons. The average molecular weight is 1020 g/mol. The number of aliphatic hydroxyl groups excluding tert-OH is 3. The molecule has 1 heterocycles. The summed E-state index contributed by atoms with van der Waals surface area (Å²) >= 11 is 0. The van der Waals surface area contributed by atoms with Crippen LogP contribution >= 0.6 is 0 Å². The van der Waals surface area contributed by atoms with Crippen LogP contribution in [0.5, 0.6) is 0 Å². The highest BCUT2D eigenvalue weighted by molar-refractivity contribution is 7.80. The average Bonchev–Trinajstić information content (AvgIpc) is 3.35. The lowest BCUT2D eigenvalue weighted by Crippen LogP contribution is -2.60. The minimum absolute atomic E-state index is 0.0271. The molecule has 0 amide bonds. The Morgan fingerprint density at radius 1 is 0.549 bits per heavy atom. The molecule has 0 spiro atoms. The van der Waals surface area contributed by atoms with Crippen LogP contribution in [0.1, 0.15) is 226 Å². The maximum absolute atomic E-state index is 12.9. The Morgan fingerprint density at radius 3 is 1.42 bits per heavy atom. The lowest BCUT2D eigenvalue weighted by atomic mass is 9.99. The SMILES string of the molecule is CC/C=C\C/C=C\C/C=C\C/C=C\C/C=C\C/C=C\CCCCCCCCCOCC(COC1OC(CO)C(O)C(OS(=O)(=O)O)C1O)OC(=O)CCCCCCCCCCCCCCCCCCCC. The zero-order chi connectivity index (χ0) is 51.7. The van der Waals surface area contributed by atoms with Crippen molar-refractivity contribution in [1.29, 1.82) is 0 Å². The van der Waals surface area contributed by atoms with Gasteiger partial charge in [0.2, 0.25) is 0 Å². The zero-order valence-electron chi connectivity index (χ0n) is 44.5. The molecule has 0 aromatic rings. The van der Waals surface area contributed by atoms with Gasteiger partial charge in [0, 0.05) is 13.0 Å². The standard InChI is InChI=1S/C58H102O12S/c1-3-5-7-9-11-13-15-17-19-21-23-24-25-26-27-28-29-30-32-34-36-38-40-42-44-46-48-66-50-52(51-67-58-56(62)57(70-71(63,64)65)55(61)53(49-59)69-58)68-54(60)47-45-43-41-39-37-35-33-31-22-20-18-16-14-12-10-8-6-4-2/h5,7,11,13,17,19,23-24,26-27,29-30,52-53,55-59,61-62H,3-4,6,8-10,12,14-16,18,20-22,25,28,31-51H2,1-2H3,(H,63,64,65)/b7-5-,13-11-,19-17-,24-23-,27-26-,30-29-. The molecule has 1 aliphatic rings. The van der Waals surface area contributed by atoms with Crippen LogP contribution in [0.15, 0.2) is 72.9 Å². The molecule has 71 heavy (non-hydrogen) atoms. The largest absolute Gasteiger partial charge is 0.457 e. The smallest absolute Gasteiger partial charge is 0.397 e. The summed E-state index contributed by atoms with van der Waals surface area (Å²) in [5.41, 5.74) is 0. The van der Waals surface area contributed by atoms with E-state index >= 15 is 0 Å². The first-order chi connectivity index (χ1) is 34.6. The second kappa shape index (κ2) is 48.5. The molecule has 6 unspecified atom stereocenters. The molecule has 0 saturated carbocycles. The Balaban J connectivity index is 2.32. The Morgan fingerprint density at radius 2 is 0.972 bits per heavy atom. The van der Waals surface area contributed by atoms with Crippen molar-refractivity contribution in [2.24, 2.45) is 0 Å². The van der Waals surface area contributed by atoms with Gasteiger partial charge in [-0.1, -0.05) is 228 Å². The molecule has 0 aromatic heterocycles. The van der Waals surface area contributed by atoms with E-state index in [2.05, 4.69) is 90.9 Å². The van der Waals surface area contributed by atoms with E-state index in [0.717, 1.165) is 89.9 Å². The minimum Gasteiger partial charge on any atom is -0.457 e. The molecule has 12 nitrogen and oxygen atoms in total. The molecule has 1 rings (SSSR count). The summed E-state index contributed by atoms with van der Waals surface area (Å²) in [5, 5.41) is 30.8. The topological polar surface area (TPSA) is 178 Å². The van der Waals surface area contributed by atoms with Crippen molar-refractivity contribution in [3.8, 4) is 0 Å². The number of unbranched alkanes of at least 4 members (excludes halogenated alkanes) is 24. The number of carbonyl (C=O) groups excluding carboxylic acids is 1. The second-order valence-electron chi connectivity index (χ2n) is 19.2. The third kappa shape index (κ3) is 41.6. The summed E-state index contributed by atoms with van der Waals surface area (Å²) in [6.07, 6.45) is 55.0. The van der Waals surface area contributed by atoms with Gasteiger partial charge >= 0.3 is 16.4 Å². The van der Waals surface area contributed by atoms with Crippen LogP contribution in [-0.2, 0) is 38.3 Å². The lowest BCUT2D eigenvalue weighted by molar-refractivity contribution is -0.301. The number of ether oxygens (including phenoxy) is 4. The first-order valence-corrected chi connectivity index (χ1v) is 29.6. The normalized spacial score (nSPS) is 19.5. The molecule has 412 valence electrons. The van der Waals surface area contributed by atoms with Gasteiger partial charge in [0.25, 0.3) is 0 Å². The molecule has 1 aliphatic heterocycles. The summed E-state index contributed by atoms with van der Waals surface area (Å²) in [7, 11) is -5.07. The van der Waals surface area contributed by atoms with Crippen molar-refractivity contribution in [3.63, 3.8) is 0 Å². The van der Waals surface area contributed by atoms with Gasteiger partial charge in [-0.3, -0.25) is 9.35 Å². The fraction of sp³-hybridized carbons (Fsp3) is 0.776. The molecule has 1 fully saturated rings. The number of hydrogen-bond acceptors (Lipinski definition) is 11. The fourth-order valence-corrected chi connectivity index (χ4v) is 8.89. The van der Waals surface area contributed by atoms with Crippen molar-refractivity contribution in [2.45, 2.75) is 263 Å². The van der Waals surface area contributed by atoms with E-state index in [1.54, 1.807) is 0 Å². The molecule has 1 saturated heterocycles. The first-order valence-electron chi connectivity index (χ1n) is 28.2. The van der Waals surface area contributed by atoms with Gasteiger partial charge in [-0.2, -0.15) is 8.42 Å². The maximum Gasteiger partial charge on any atom is 0.397 e. The maximum atomic E-state index is 12.9. The Kier molecular flexibility index (Phi) is 45.4. The molecule has 0 aromatic carbocycles. The summed E-state index contributed by atoms with van der Waals surface area (Å²) in [6, 6.07) is 0. The van der Waals surface area contributed by atoms with Crippen molar-refractivity contribution < 1.29 is 56.2 Å². The number of esters is 1. The summed E-state index contributed by atoms with van der Waals surface area (Å²) in [4.78, 5) is 12.9. The monoisotopic (exact) mass is 1020 g/mol. The molecule has 13 heteroatoms. The fourth-order valence-electron chi connectivity index (χ4n) is 8.38. The number of rotatable bonds is 49. The van der Waals surface area contributed by atoms with Crippen LogP contribution in [0.2, 0.25) is 0 Å². The lowest BCUT2D eigenvalue weighted by Gasteiger charge is -2.41. The highest BCUT2D eigenvalue weighted by Crippen LogP contribution is 2.26. The van der Waals surface area contributed by atoms with Crippen molar-refractivity contribution in [3.05, 3.63) is 72.9 Å². The molecular weight excluding hydrogens is 921 g/mol. The van der Waals surface area contributed by atoms with Crippen LogP contribution in [0.4, 0.5) is 0 Å². The van der Waals surface area contributed by atoms with Gasteiger partial charge in [0.1, 0.15) is 30.5 Å². The van der Waals surface area contributed by atoms with Gasteiger partial charge in [0.05, 0.1) is 19.8 Å². The molecule has 0 bridgehead atoms. The number of aliphatic hydroxyl groups is 3. The van der Waals surface area contributed by atoms with E-state index in [9.17, 15) is 33.1 Å². The van der Waals surface area contributed by atoms with Crippen LogP contribution < -0.4 is 0 Å². The zero-order valence-corrected chi connectivity index (χ0v) is 45.3. The van der Waals surface area contributed by atoms with Gasteiger partial charge in [-0.05, 0) is 64.2 Å². The van der Waals surface area contributed by atoms with Crippen LogP contribution in [0, 0.1) is 0 Å². The predicted octanol–water partition coefficient (Wildman–Crippen LogP) is 13.8. The molecule has 6 atom stereocenters. The quantitative estimate of drug-likeness (QED) is 0.0196. The van der Waals surface area contributed by atoms with E-state index in [-0.39, 0.29) is 19.6 Å². The highest BCUT2D eigenvalue weighted by Gasteiger charge is 2.48.